The van der Waals surface area contributed by atoms with Gasteiger partial charge >= 0.3 is 18.0 Å². The Kier molecular flexibility index (Phi) is 11.4. The van der Waals surface area contributed by atoms with Crippen LogP contribution >= 0.6 is 0 Å². The number of carbonyl (C=O) groups is 4. The van der Waals surface area contributed by atoms with Gasteiger partial charge in [0.2, 0.25) is 5.91 Å². The van der Waals surface area contributed by atoms with E-state index >= 15 is 0 Å². The molecular formula is C24H36N2O7. The highest BCUT2D eigenvalue weighted by Gasteiger charge is 2.29. The van der Waals surface area contributed by atoms with Crippen molar-refractivity contribution in [2.75, 3.05) is 7.11 Å². The first-order valence-corrected chi connectivity index (χ1v) is 11.0. The Labute approximate surface area is 195 Å². The second-order valence-electron chi connectivity index (χ2n) is 9.10. The van der Waals surface area contributed by atoms with Gasteiger partial charge in [-0.2, -0.15) is 0 Å². The average molecular weight is 465 g/mol. The van der Waals surface area contributed by atoms with Crippen LogP contribution in [0.2, 0.25) is 0 Å². The van der Waals surface area contributed by atoms with Gasteiger partial charge in [0.25, 0.3) is 0 Å². The SMILES string of the molecule is COC(=O)[C@@H](CCC(=O)OCc1ccccc1)NC(=O)[C@H](CC(C)C)NC(=O)OC(C)(C)C. The highest BCUT2D eigenvalue weighted by Crippen LogP contribution is 2.11. The molecule has 2 amide bonds. The van der Waals surface area contributed by atoms with Gasteiger partial charge < -0.3 is 24.8 Å². The molecule has 0 aromatic heterocycles. The summed E-state index contributed by atoms with van der Waals surface area (Å²) in [5.41, 5.74) is 0.117. The molecule has 0 radical (unpaired) electrons. The topological polar surface area (TPSA) is 120 Å². The van der Waals surface area contributed by atoms with E-state index in [9.17, 15) is 19.2 Å². The van der Waals surface area contributed by atoms with Crippen LogP contribution in [-0.2, 0) is 35.2 Å². The number of benzene rings is 1. The summed E-state index contributed by atoms with van der Waals surface area (Å²) in [6, 6.07) is 7.21. The molecular weight excluding hydrogens is 428 g/mol. The minimum absolute atomic E-state index is 0.00707. The number of nitrogens with one attached hydrogen (secondary N) is 2. The molecule has 0 aliphatic carbocycles. The number of methoxy groups -OCH3 is 1. The van der Waals surface area contributed by atoms with Gasteiger partial charge in [0.15, 0.2) is 0 Å². The van der Waals surface area contributed by atoms with Gasteiger partial charge in [-0.3, -0.25) is 9.59 Å². The maximum atomic E-state index is 12.9. The number of hydrogen-bond donors (Lipinski definition) is 2. The molecule has 0 saturated carbocycles. The molecule has 0 fully saturated rings. The van der Waals surface area contributed by atoms with Crippen LogP contribution in [0.1, 0.15) is 59.4 Å². The molecule has 9 nitrogen and oxygen atoms in total. The largest absolute Gasteiger partial charge is 0.467 e. The molecule has 1 aromatic rings. The van der Waals surface area contributed by atoms with Gasteiger partial charge in [-0.15, -0.1) is 0 Å². The van der Waals surface area contributed by atoms with Crippen molar-refractivity contribution in [3.63, 3.8) is 0 Å². The predicted molar refractivity (Wildman–Crippen MR) is 122 cm³/mol. The zero-order chi connectivity index (χ0) is 25.0. The van der Waals surface area contributed by atoms with E-state index in [4.69, 9.17) is 14.2 Å². The van der Waals surface area contributed by atoms with Gasteiger partial charge in [0.1, 0.15) is 24.3 Å². The molecule has 184 valence electrons. The summed E-state index contributed by atoms with van der Waals surface area (Å²) in [5, 5.41) is 5.13. The molecule has 2 N–H and O–H groups in total. The summed E-state index contributed by atoms with van der Waals surface area (Å²) < 4.78 is 15.2. The normalized spacial score (nSPS) is 12.9. The summed E-state index contributed by atoms with van der Waals surface area (Å²) in [6.45, 7) is 9.07. The predicted octanol–water partition coefficient (Wildman–Crippen LogP) is 3.11. The molecule has 0 aliphatic rings. The van der Waals surface area contributed by atoms with Gasteiger partial charge in [-0.1, -0.05) is 44.2 Å². The van der Waals surface area contributed by atoms with E-state index in [1.165, 1.54) is 7.11 Å². The van der Waals surface area contributed by atoms with Gasteiger partial charge in [-0.05, 0) is 45.1 Å². The number of esters is 2. The zero-order valence-corrected chi connectivity index (χ0v) is 20.3. The standard InChI is InChI=1S/C24H36N2O7/c1-16(2)14-19(26-23(30)33-24(3,4)5)21(28)25-18(22(29)31-6)12-13-20(27)32-15-17-10-8-7-9-11-17/h7-11,16,18-19H,12-15H2,1-6H3,(H,25,28)(H,26,30)/t18-,19+/m1/s1. The highest BCUT2D eigenvalue weighted by atomic mass is 16.6. The summed E-state index contributed by atoms with van der Waals surface area (Å²) in [4.78, 5) is 49.3. The minimum atomic E-state index is -1.07. The van der Waals surface area contributed by atoms with E-state index in [2.05, 4.69) is 10.6 Å². The first-order chi connectivity index (χ1) is 15.4. The Morgan fingerprint density at radius 2 is 1.61 bits per heavy atom. The Hall–Kier alpha value is -3.10. The molecule has 33 heavy (non-hydrogen) atoms. The molecule has 2 atom stereocenters. The van der Waals surface area contributed by atoms with Crippen LogP contribution in [0.15, 0.2) is 30.3 Å². The van der Waals surface area contributed by atoms with E-state index in [1.807, 2.05) is 44.2 Å². The quantitative estimate of drug-likeness (QED) is 0.381. The van der Waals surface area contributed by atoms with Crippen molar-refractivity contribution in [3.8, 4) is 0 Å². The molecule has 0 unspecified atom stereocenters. The third-order valence-corrected chi connectivity index (χ3v) is 4.40. The van der Waals surface area contributed by atoms with Crippen LogP contribution in [0.4, 0.5) is 4.79 Å². The minimum Gasteiger partial charge on any atom is -0.467 e. The fourth-order valence-corrected chi connectivity index (χ4v) is 2.89. The van der Waals surface area contributed by atoms with Crippen LogP contribution < -0.4 is 10.6 Å². The maximum absolute atomic E-state index is 12.9. The van der Waals surface area contributed by atoms with Gasteiger partial charge in [0.05, 0.1) is 7.11 Å². The van der Waals surface area contributed by atoms with E-state index in [-0.39, 0.29) is 25.4 Å². The van der Waals surface area contributed by atoms with E-state index in [0.717, 1.165) is 5.56 Å². The number of rotatable bonds is 11. The average Bonchev–Trinajstić information content (AvgIpc) is 2.73. The lowest BCUT2D eigenvalue weighted by atomic mass is 10.0. The molecule has 0 aliphatic heterocycles. The monoisotopic (exact) mass is 464 g/mol. The summed E-state index contributed by atoms with van der Waals surface area (Å²) in [6.07, 6.45) is -0.506. The highest BCUT2D eigenvalue weighted by molar-refractivity contribution is 5.89. The van der Waals surface area contributed by atoms with Crippen molar-refractivity contribution >= 4 is 23.9 Å². The zero-order valence-electron chi connectivity index (χ0n) is 20.3. The third kappa shape index (κ3) is 11.9. The Morgan fingerprint density at radius 3 is 2.15 bits per heavy atom. The smallest absolute Gasteiger partial charge is 0.408 e. The van der Waals surface area contributed by atoms with Crippen molar-refractivity contribution in [2.24, 2.45) is 5.92 Å². The number of ether oxygens (including phenoxy) is 3. The van der Waals surface area contributed by atoms with Crippen molar-refractivity contribution < 1.29 is 33.4 Å². The molecule has 0 saturated heterocycles. The summed E-state index contributed by atoms with van der Waals surface area (Å²) in [7, 11) is 1.19. The lowest BCUT2D eigenvalue weighted by Crippen LogP contribution is -2.53. The molecule has 0 heterocycles. The van der Waals surface area contributed by atoms with Crippen LogP contribution in [0.25, 0.3) is 0 Å². The first kappa shape index (κ1) is 27.9. The number of alkyl carbamates (subject to hydrolysis) is 1. The second kappa shape index (κ2) is 13.4. The molecule has 0 spiro atoms. The molecule has 1 rings (SSSR count). The van der Waals surface area contributed by atoms with Crippen LogP contribution in [0, 0.1) is 5.92 Å². The number of amides is 2. The van der Waals surface area contributed by atoms with E-state index in [1.54, 1.807) is 20.8 Å². The van der Waals surface area contributed by atoms with E-state index in [0.29, 0.717) is 6.42 Å². The van der Waals surface area contributed by atoms with Crippen molar-refractivity contribution in [3.05, 3.63) is 35.9 Å². The fraction of sp³-hybridized carbons (Fsp3) is 0.583. The first-order valence-electron chi connectivity index (χ1n) is 11.0. The maximum Gasteiger partial charge on any atom is 0.408 e. The Balaban J connectivity index is 2.72. The lowest BCUT2D eigenvalue weighted by Gasteiger charge is -2.25. The Bertz CT molecular complexity index is 788. The Morgan fingerprint density at radius 1 is 0.970 bits per heavy atom. The van der Waals surface area contributed by atoms with Crippen LogP contribution in [0.3, 0.4) is 0 Å². The number of carbonyl (C=O) groups excluding carboxylic acids is 4. The molecule has 0 bridgehead atoms. The van der Waals surface area contributed by atoms with Gasteiger partial charge in [0, 0.05) is 6.42 Å². The summed E-state index contributed by atoms with van der Waals surface area (Å²) in [5.74, 6) is -1.68. The van der Waals surface area contributed by atoms with Crippen molar-refractivity contribution in [1.29, 1.82) is 0 Å². The van der Waals surface area contributed by atoms with E-state index < -0.39 is 41.6 Å². The van der Waals surface area contributed by atoms with Crippen LogP contribution in [-0.4, -0.2) is 48.7 Å². The molecule has 9 heteroatoms. The second-order valence-corrected chi connectivity index (χ2v) is 9.10. The van der Waals surface area contributed by atoms with Crippen molar-refractivity contribution in [2.45, 2.75) is 78.2 Å². The van der Waals surface area contributed by atoms with Crippen molar-refractivity contribution in [1.82, 2.24) is 10.6 Å². The lowest BCUT2D eigenvalue weighted by molar-refractivity contribution is -0.148. The third-order valence-electron chi connectivity index (χ3n) is 4.40. The number of hydrogen-bond acceptors (Lipinski definition) is 7. The fourth-order valence-electron chi connectivity index (χ4n) is 2.89. The van der Waals surface area contributed by atoms with Gasteiger partial charge in [-0.25, -0.2) is 9.59 Å². The van der Waals surface area contributed by atoms with Crippen LogP contribution in [0.5, 0.6) is 0 Å². The summed E-state index contributed by atoms with van der Waals surface area (Å²) >= 11 is 0. The molecule has 1 aromatic carbocycles.